The lowest BCUT2D eigenvalue weighted by Crippen LogP contribution is -2.45. The number of nitrogen functional groups attached to an aromatic ring is 1. The Morgan fingerprint density at radius 2 is 2.13 bits per heavy atom. The third-order valence-electron chi connectivity index (χ3n) is 6.07. The molecular weight excluding hydrogens is 408 g/mol. The molecule has 6 N–H and O–H groups in total. The zero-order chi connectivity index (χ0) is 22.2. The number of benzene rings is 1. The van der Waals surface area contributed by atoms with Gasteiger partial charge in [0.2, 0.25) is 5.90 Å². The second kappa shape index (κ2) is 7.77. The number of nitrogens with one attached hydrogen (secondary N) is 3. The molecule has 0 saturated heterocycles. The van der Waals surface area contributed by atoms with Crippen molar-refractivity contribution in [3.8, 4) is 0 Å². The Kier molecular flexibility index (Phi) is 5.26. The summed E-state index contributed by atoms with van der Waals surface area (Å²) in [6.45, 7) is -0.924. The zero-order valence-electron chi connectivity index (χ0n) is 16.6. The SMILES string of the molecule is N=C(OCC(F)F)c1cnc(NC(=O)NC2(c3ccccc3)[C@@H]3CCCC32O)cc1N. The van der Waals surface area contributed by atoms with Crippen molar-refractivity contribution in [1.29, 1.82) is 5.41 Å². The molecule has 1 aromatic carbocycles. The lowest BCUT2D eigenvalue weighted by atomic mass is 9.94. The molecule has 0 spiro atoms. The number of fused-ring (bicyclic) bond motifs is 1. The Morgan fingerprint density at radius 1 is 1.39 bits per heavy atom. The van der Waals surface area contributed by atoms with E-state index in [1.54, 1.807) is 0 Å². The van der Waals surface area contributed by atoms with Gasteiger partial charge in [-0.15, -0.1) is 0 Å². The summed E-state index contributed by atoms with van der Waals surface area (Å²) in [6, 6.07) is 10.1. The van der Waals surface area contributed by atoms with Crippen LogP contribution in [-0.4, -0.2) is 40.7 Å². The second-order valence-corrected chi connectivity index (χ2v) is 7.81. The minimum absolute atomic E-state index is 0.0402. The van der Waals surface area contributed by atoms with Crippen LogP contribution in [0.1, 0.15) is 30.4 Å². The number of aliphatic hydroxyl groups is 1. The topological polar surface area (TPSA) is 133 Å². The number of nitrogens with two attached hydrogens (primary N) is 1. The number of ether oxygens (including phenoxy) is 1. The second-order valence-electron chi connectivity index (χ2n) is 7.81. The number of amides is 2. The first kappa shape index (κ1) is 21.0. The van der Waals surface area contributed by atoms with Gasteiger partial charge in [-0.2, -0.15) is 0 Å². The molecule has 8 nitrogen and oxygen atoms in total. The van der Waals surface area contributed by atoms with Crippen LogP contribution in [0, 0.1) is 11.3 Å². The van der Waals surface area contributed by atoms with E-state index in [2.05, 4.69) is 20.4 Å². The summed E-state index contributed by atoms with van der Waals surface area (Å²) >= 11 is 0. The number of carbonyl (C=O) groups excluding carboxylic acids is 1. The van der Waals surface area contributed by atoms with Gasteiger partial charge in [0.15, 0.2) is 6.61 Å². The molecule has 2 aromatic rings. The smallest absolute Gasteiger partial charge is 0.321 e. The molecule has 2 fully saturated rings. The Morgan fingerprint density at radius 3 is 2.74 bits per heavy atom. The number of alkyl halides is 2. The predicted octanol–water partition coefficient (Wildman–Crippen LogP) is 2.83. The van der Waals surface area contributed by atoms with Gasteiger partial charge in [-0.1, -0.05) is 30.3 Å². The minimum Gasteiger partial charge on any atom is -0.471 e. The molecule has 2 unspecified atom stereocenters. The van der Waals surface area contributed by atoms with E-state index < -0.39 is 36.1 Å². The number of carbonyl (C=O) groups is 1. The maximum Gasteiger partial charge on any atom is 0.321 e. The van der Waals surface area contributed by atoms with E-state index >= 15 is 0 Å². The van der Waals surface area contributed by atoms with Gasteiger partial charge < -0.3 is 20.9 Å². The molecule has 0 radical (unpaired) electrons. The highest BCUT2D eigenvalue weighted by atomic mass is 19.3. The van der Waals surface area contributed by atoms with Crippen LogP contribution in [0.15, 0.2) is 42.6 Å². The standard InChI is InChI=1S/C21H23F2N5O3/c22-16(23)11-31-18(25)13-10-26-17(9-14(13)24)27-19(29)28-21(12-5-2-1-3-6-12)15-7-4-8-20(15,21)30/h1-3,5-6,9-10,15-16,25,30H,4,7-8,11H2,(H4,24,26,27,28,29)/t15-,20?,21?/m1/s1. The molecule has 2 aliphatic carbocycles. The van der Waals surface area contributed by atoms with Crippen LogP contribution in [0.5, 0.6) is 0 Å². The van der Waals surface area contributed by atoms with E-state index in [4.69, 9.17) is 11.1 Å². The number of aromatic nitrogens is 1. The average molecular weight is 431 g/mol. The molecular formula is C21H23F2N5O3. The van der Waals surface area contributed by atoms with Crippen molar-refractivity contribution in [3.05, 3.63) is 53.7 Å². The van der Waals surface area contributed by atoms with Crippen molar-refractivity contribution < 1.29 is 23.4 Å². The van der Waals surface area contributed by atoms with Crippen LogP contribution in [0.2, 0.25) is 0 Å². The fraction of sp³-hybridized carbons (Fsp3) is 0.381. The molecule has 2 aliphatic rings. The van der Waals surface area contributed by atoms with Crippen molar-refractivity contribution in [2.45, 2.75) is 36.8 Å². The lowest BCUT2D eigenvalue weighted by Gasteiger charge is -2.25. The van der Waals surface area contributed by atoms with Crippen molar-refractivity contribution >= 4 is 23.4 Å². The number of pyridine rings is 1. The van der Waals surface area contributed by atoms with Gasteiger partial charge in [-0.3, -0.25) is 10.7 Å². The van der Waals surface area contributed by atoms with Crippen LogP contribution >= 0.6 is 0 Å². The van der Waals surface area contributed by atoms with Crippen molar-refractivity contribution in [2.24, 2.45) is 5.92 Å². The van der Waals surface area contributed by atoms with Crippen molar-refractivity contribution in [2.75, 3.05) is 17.7 Å². The predicted molar refractivity (Wildman–Crippen MR) is 110 cm³/mol. The molecule has 2 saturated carbocycles. The van der Waals surface area contributed by atoms with Gasteiger partial charge in [0.1, 0.15) is 11.4 Å². The number of nitrogens with zero attached hydrogens (tertiary/aromatic N) is 1. The van der Waals surface area contributed by atoms with Crippen LogP contribution in [0.3, 0.4) is 0 Å². The number of hydrogen-bond acceptors (Lipinski definition) is 6. The fourth-order valence-corrected chi connectivity index (χ4v) is 4.70. The molecule has 10 heteroatoms. The third kappa shape index (κ3) is 3.56. The van der Waals surface area contributed by atoms with E-state index in [1.165, 1.54) is 12.3 Å². The van der Waals surface area contributed by atoms with Gasteiger partial charge in [-0.05, 0) is 24.8 Å². The molecule has 164 valence electrons. The number of halogens is 2. The first-order chi connectivity index (χ1) is 14.8. The van der Waals surface area contributed by atoms with Crippen molar-refractivity contribution in [3.63, 3.8) is 0 Å². The van der Waals surface area contributed by atoms with Crippen molar-refractivity contribution in [1.82, 2.24) is 10.3 Å². The first-order valence-electron chi connectivity index (χ1n) is 9.90. The van der Waals surface area contributed by atoms with E-state index in [0.717, 1.165) is 18.4 Å². The van der Waals surface area contributed by atoms with Gasteiger partial charge in [0.25, 0.3) is 6.43 Å². The van der Waals surface area contributed by atoms with Gasteiger partial charge in [0.05, 0.1) is 11.2 Å². The average Bonchev–Trinajstić information content (AvgIpc) is 3.01. The first-order valence-corrected chi connectivity index (χ1v) is 9.90. The molecule has 1 heterocycles. The molecule has 3 atom stereocenters. The molecule has 2 amide bonds. The monoisotopic (exact) mass is 431 g/mol. The maximum absolute atomic E-state index is 12.8. The highest BCUT2D eigenvalue weighted by Gasteiger charge is 2.79. The number of hydrogen-bond donors (Lipinski definition) is 5. The largest absolute Gasteiger partial charge is 0.471 e. The summed E-state index contributed by atoms with van der Waals surface area (Å²) in [4.78, 5) is 16.8. The van der Waals surface area contributed by atoms with Crippen LogP contribution in [-0.2, 0) is 10.3 Å². The number of anilines is 2. The van der Waals surface area contributed by atoms with E-state index in [1.807, 2.05) is 30.3 Å². The van der Waals surface area contributed by atoms with Gasteiger partial charge in [0, 0.05) is 23.9 Å². The quantitative estimate of drug-likeness (QED) is 0.354. The summed E-state index contributed by atoms with van der Waals surface area (Å²) < 4.78 is 29.2. The Hall–Kier alpha value is -3.27. The normalized spacial score (nSPS) is 26.3. The number of rotatable bonds is 6. The summed E-state index contributed by atoms with van der Waals surface area (Å²) in [5.41, 5.74) is 4.94. The maximum atomic E-state index is 12.8. The van der Waals surface area contributed by atoms with E-state index in [9.17, 15) is 18.7 Å². The Balaban J connectivity index is 1.47. The molecule has 0 aliphatic heterocycles. The highest BCUT2D eigenvalue weighted by Crippen LogP contribution is 2.69. The minimum atomic E-state index is -2.71. The molecule has 1 aromatic heterocycles. The third-order valence-corrected chi connectivity index (χ3v) is 6.07. The highest BCUT2D eigenvalue weighted by molar-refractivity contribution is 5.98. The Labute approximate surface area is 177 Å². The van der Waals surface area contributed by atoms with Gasteiger partial charge in [-0.25, -0.2) is 18.6 Å². The molecule has 0 bridgehead atoms. The van der Waals surface area contributed by atoms with Gasteiger partial charge >= 0.3 is 6.03 Å². The summed E-state index contributed by atoms with van der Waals surface area (Å²) in [5.74, 6) is -0.486. The summed E-state index contributed by atoms with van der Waals surface area (Å²) in [5, 5.41) is 24.3. The zero-order valence-corrected chi connectivity index (χ0v) is 16.6. The molecule has 4 rings (SSSR count). The molecule has 31 heavy (non-hydrogen) atoms. The number of urea groups is 1. The van der Waals surface area contributed by atoms with Crippen LogP contribution < -0.4 is 16.4 Å². The summed E-state index contributed by atoms with van der Waals surface area (Å²) in [6.07, 6.45) is 0.774. The fourth-order valence-electron chi connectivity index (χ4n) is 4.70. The summed E-state index contributed by atoms with van der Waals surface area (Å²) in [7, 11) is 0. The van der Waals surface area contributed by atoms with E-state index in [-0.39, 0.29) is 23.0 Å². The van der Waals surface area contributed by atoms with E-state index in [0.29, 0.717) is 6.42 Å². The Bertz CT molecular complexity index is 1010. The lowest BCUT2D eigenvalue weighted by molar-refractivity contribution is 0.0761. The van der Waals surface area contributed by atoms with Crippen LogP contribution in [0.25, 0.3) is 0 Å². The van der Waals surface area contributed by atoms with Crippen LogP contribution in [0.4, 0.5) is 25.1 Å².